The van der Waals surface area contributed by atoms with Crippen LogP contribution in [0.1, 0.15) is 13.8 Å². The van der Waals surface area contributed by atoms with Gasteiger partial charge in [-0.1, -0.05) is 19.9 Å². The first-order valence-corrected chi connectivity index (χ1v) is 7.26. The number of hydroxylamine groups is 2. The zero-order valence-electron chi connectivity index (χ0n) is 10.9. The van der Waals surface area contributed by atoms with Gasteiger partial charge in [0.2, 0.25) is 5.91 Å². The molecule has 2 atom stereocenters. The first-order chi connectivity index (χ1) is 9.11. The molecule has 0 saturated carbocycles. The minimum Gasteiger partial charge on any atom is -0.368 e. The molecule has 20 heavy (non-hydrogen) atoms. The summed E-state index contributed by atoms with van der Waals surface area (Å²) in [5, 5.41) is 0.528. The standard InChI is InChI=1S/C10H15N3O6S/c1-5(2)7-3-6-4-12(8(7)9(11)14)10(15)13(6)19-20(16,17)18/h3,5-6,8H,4H2,1-2H3,(H2,11,14)(H,16,17,18)/t6?,8-/m0/s1. The van der Waals surface area contributed by atoms with Crippen LogP contribution in [0.2, 0.25) is 0 Å². The minimum absolute atomic E-state index is 0.0590. The molecule has 1 saturated heterocycles. The third kappa shape index (κ3) is 2.49. The van der Waals surface area contributed by atoms with E-state index in [4.69, 9.17) is 10.3 Å². The van der Waals surface area contributed by atoms with Gasteiger partial charge in [-0.2, -0.15) is 13.5 Å². The number of rotatable bonds is 4. The molecule has 0 aromatic heterocycles. The number of carbonyl (C=O) groups is 2. The van der Waals surface area contributed by atoms with Gasteiger partial charge in [0.1, 0.15) is 6.04 Å². The zero-order chi connectivity index (χ0) is 15.2. The molecule has 0 spiro atoms. The van der Waals surface area contributed by atoms with Crippen LogP contribution in [0.15, 0.2) is 11.6 Å². The number of nitrogens with two attached hydrogens (primary N) is 1. The van der Waals surface area contributed by atoms with Gasteiger partial charge in [0.05, 0.1) is 12.6 Å². The van der Waals surface area contributed by atoms with Crippen LogP contribution in [0.25, 0.3) is 0 Å². The molecule has 0 aromatic rings. The van der Waals surface area contributed by atoms with E-state index in [-0.39, 0.29) is 12.5 Å². The fourth-order valence-electron chi connectivity index (χ4n) is 2.47. The molecule has 2 aliphatic rings. The van der Waals surface area contributed by atoms with Crippen LogP contribution in [0.4, 0.5) is 4.79 Å². The fraction of sp³-hybridized carbons (Fsp3) is 0.600. The summed E-state index contributed by atoms with van der Waals surface area (Å²) in [5.74, 6) is -0.762. The second-order valence-electron chi connectivity index (χ2n) is 4.96. The summed E-state index contributed by atoms with van der Waals surface area (Å²) in [5.41, 5.74) is 5.93. The Balaban J connectivity index is 2.40. The molecule has 0 radical (unpaired) electrons. The van der Waals surface area contributed by atoms with Gasteiger partial charge in [0.25, 0.3) is 0 Å². The van der Waals surface area contributed by atoms with Crippen LogP contribution in [0, 0.1) is 5.92 Å². The molecule has 0 aromatic carbocycles. The second kappa shape index (κ2) is 4.72. The van der Waals surface area contributed by atoms with E-state index in [0.717, 1.165) is 4.90 Å². The average Bonchev–Trinajstić information content (AvgIpc) is 2.52. The van der Waals surface area contributed by atoms with Crippen LogP contribution in [0.3, 0.4) is 0 Å². The third-order valence-electron chi connectivity index (χ3n) is 3.24. The summed E-state index contributed by atoms with van der Waals surface area (Å²) >= 11 is 0. The van der Waals surface area contributed by atoms with Gasteiger partial charge in [-0.25, -0.2) is 4.79 Å². The average molecular weight is 305 g/mol. The van der Waals surface area contributed by atoms with Crippen molar-refractivity contribution in [2.75, 3.05) is 6.54 Å². The van der Waals surface area contributed by atoms with E-state index in [1.165, 1.54) is 0 Å². The van der Waals surface area contributed by atoms with E-state index >= 15 is 0 Å². The van der Waals surface area contributed by atoms with Crippen molar-refractivity contribution >= 4 is 22.3 Å². The first-order valence-electron chi connectivity index (χ1n) is 5.89. The number of hydrogen-bond acceptors (Lipinski definition) is 5. The van der Waals surface area contributed by atoms with E-state index in [9.17, 15) is 18.0 Å². The van der Waals surface area contributed by atoms with Crippen LogP contribution >= 0.6 is 0 Å². The van der Waals surface area contributed by atoms with Crippen molar-refractivity contribution in [3.8, 4) is 0 Å². The number of fused-ring (bicyclic) bond motifs is 2. The maximum absolute atomic E-state index is 12.1. The predicted octanol–water partition coefficient (Wildman–Crippen LogP) is -0.723. The van der Waals surface area contributed by atoms with Crippen LogP contribution in [-0.4, -0.2) is 53.5 Å². The molecule has 9 nitrogen and oxygen atoms in total. The lowest BCUT2D eigenvalue weighted by Crippen LogP contribution is -2.49. The SMILES string of the molecule is CC(C)C1=CC2CN(C(=O)N2OS(=O)(=O)O)[C@@H]1C(N)=O. The molecular weight excluding hydrogens is 290 g/mol. The topological polar surface area (TPSA) is 130 Å². The van der Waals surface area contributed by atoms with Gasteiger partial charge >= 0.3 is 16.4 Å². The molecule has 3 amide bonds. The Morgan fingerprint density at radius 2 is 2.15 bits per heavy atom. The quantitative estimate of drug-likeness (QED) is 0.520. The van der Waals surface area contributed by atoms with Gasteiger partial charge in [0.15, 0.2) is 0 Å². The lowest BCUT2D eigenvalue weighted by atomic mass is 9.90. The number of carbonyl (C=O) groups excluding carboxylic acids is 2. The number of hydrogen-bond donors (Lipinski definition) is 2. The Morgan fingerprint density at radius 1 is 1.55 bits per heavy atom. The summed E-state index contributed by atoms with van der Waals surface area (Å²) in [6.45, 7) is 3.72. The zero-order valence-corrected chi connectivity index (χ0v) is 11.7. The first kappa shape index (κ1) is 14.8. The van der Waals surface area contributed by atoms with E-state index in [1.54, 1.807) is 6.08 Å². The second-order valence-corrected chi connectivity index (χ2v) is 5.96. The van der Waals surface area contributed by atoms with Gasteiger partial charge < -0.3 is 10.6 Å². The highest BCUT2D eigenvalue weighted by molar-refractivity contribution is 7.80. The monoisotopic (exact) mass is 305 g/mol. The normalized spacial score (nSPS) is 26.2. The highest BCUT2D eigenvalue weighted by atomic mass is 32.3. The van der Waals surface area contributed by atoms with Gasteiger partial charge in [0, 0.05) is 0 Å². The highest BCUT2D eigenvalue weighted by Gasteiger charge is 2.49. The Morgan fingerprint density at radius 3 is 2.60 bits per heavy atom. The van der Waals surface area contributed by atoms with Crippen molar-refractivity contribution in [1.82, 2.24) is 9.96 Å². The van der Waals surface area contributed by atoms with Crippen molar-refractivity contribution in [2.24, 2.45) is 11.7 Å². The van der Waals surface area contributed by atoms with Crippen molar-refractivity contribution in [3.05, 3.63) is 11.6 Å². The fourth-order valence-corrected chi connectivity index (χ4v) is 2.84. The van der Waals surface area contributed by atoms with Crippen molar-refractivity contribution in [1.29, 1.82) is 0 Å². The van der Waals surface area contributed by atoms with Gasteiger partial charge in [-0.3, -0.25) is 9.35 Å². The molecule has 2 bridgehead atoms. The molecule has 2 heterocycles. The molecule has 1 unspecified atom stereocenters. The summed E-state index contributed by atoms with van der Waals surface area (Å²) in [4.78, 5) is 24.7. The molecule has 10 heteroatoms. The van der Waals surface area contributed by atoms with E-state index in [1.807, 2.05) is 13.8 Å². The lowest BCUT2D eigenvalue weighted by Gasteiger charge is -2.31. The van der Waals surface area contributed by atoms with Gasteiger partial charge in [-0.05, 0) is 11.5 Å². The van der Waals surface area contributed by atoms with Gasteiger partial charge in [-0.15, -0.1) is 4.28 Å². The molecule has 3 N–H and O–H groups in total. The van der Waals surface area contributed by atoms with Crippen molar-refractivity contribution in [3.63, 3.8) is 0 Å². The molecule has 1 fully saturated rings. The number of primary amides is 1. The largest absolute Gasteiger partial charge is 0.418 e. The molecule has 2 aliphatic heterocycles. The number of urea groups is 1. The van der Waals surface area contributed by atoms with E-state index in [2.05, 4.69) is 4.28 Å². The predicted molar refractivity (Wildman–Crippen MR) is 66.3 cm³/mol. The Hall–Kier alpha value is -1.65. The Bertz CT molecular complexity index is 584. The van der Waals surface area contributed by atoms with Crippen LogP contribution in [-0.2, 0) is 19.5 Å². The third-order valence-corrected chi connectivity index (χ3v) is 3.59. The highest BCUT2D eigenvalue weighted by Crippen LogP contribution is 2.33. The van der Waals surface area contributed by atoms with Crippen molar-refractivity contribution in [2.45, 2.75) is 25.9 Å². The maximum atomic E-state index is 12.1. The maximum Gasteiger partial charge on any atom is 0.418 e. The summed E-state index contributed by atoms with van der Waals surface area (Å²) in [6.07, 6.45) is 1.58. The summed E-state index contributed by atoms with van der Waals surface area (Å²) in [6, 6.07) is -2.46. The minimum atomic E-state index is -4.82. The summed E-state index contributed by atoms with van der Waals surface area (Å²) in [7, 11) is -4.82. The summed E-state index contributed by atoms with van der Waals surface area (Å²) < 4.78 is 34.5. The number of nitrogens with zero attached hydrogens (tertiary/aromatic N) is 2. The molecule has 112 valence electrons. The smallest absolute Gasteiger partial charge is 0.368 e. The Kier molecular flexibility index (Phi) is 3.48. The Labute approximate surface area is 115 Å². The molecule has 2 rings (SSSR count). The van der Waals surface area contributed by atoms with Crippen LogP contribution in [0.5, 0.6) is 0 Å². The van der Waals surface area contributed by atoms with Crippen LogP contribution < -0.4 is 5.73 Å². The lowest BCUT2D eigenvalue weighted by molar-refractivity contribution is -0.121. The van der Waals surface area contributed by atoms with E-state index in [0.29, 0.717) is 10.6 Å². The van der Waals surface area contributed by atoms with Crippen molar-refractivity contribution < 1.29 is 26.8 Å². The molecular formula is C10H15N3O6S. The molecule has 0 aliphatic carbocycles. The van der Waals surface area contributed by atoms with E-state index < -0.39 is 34.4 Å². The number of amides is 3.